The van der Waals surface area contributed by atoms with Crippen molar-refractivity contribution in [1.29, 1.82) is 0 Å². The maximum absolute atomic E-state index is 4.45. The van der Waals surface area contributed by atoms with Crippen LogP contribution in [0.1, 0.15) is 18.9 Å². The lowest BCUT2D eigenvalue weighted by Crippen LogP contribution is -2.35. The highest BCUT2D eigenvalue weighted by atomic mass is 15.4. The van der Waals surface area contributed by atoms with Gasteiger partial charge in [-0.1, -0.05) is 35.5 Å². The molecular formula is C20H20N8. The van der Waals surface area contributed by atoms with E-state index in [1.165, 1.54) is 0 Å². The van der Waals surface area contributed by atoms with Gasteiger partial charge in [0.1, 0.15) is 17.8 Å². The van der Waals surface area contributed by atoms with Gasteiger partial charge in [-0.3, -0.25) is 0 Å². The predicted molar refractivity (Wildman–Crippen MR) is 105 cm³/mol. The molecule has 1 aliphatic rings. The van der Waals surface area contributed by atoms with Crippen molar-refractivity contribution in [2.75, 3.05) is 18.0 Å². The molecule has 5 rings (SSSR count). The summed E-state index contributed by atoms with van der Waals surface area (Å²) in [7, 11) is 0. The Hall–Kier alpha value is -3.55. The first kappa shape index (κ1) is 16.6. The maximum Gasteiger partial charge on any atom is 0.158 e. The fourth-order valence-electron chi connectivity index (χ4n) is 3.60. The van der Waals surface area contributed by atoms with Gasteiger partial charge >= 0.3 is 0 Å². The van der Waals surface area contributed by atoms with E-state index in [-0.39, 0.29) is 0 Å². The van der Waals surface area contributed by atoms with Crippen molar-refractivity contribution in [2.24, 2.45) is 0 Å². The standard InChI is InChI=1S/C20H20N8/c1-2-5-16(6-3-1)18-14-28(25-24-18)17-7-11-26(12-8-17)19-13-20(22-15-21-19)27-10-4-9-23-27/h1-6,9-10,13-15,17H,7-8,11-12H2. The fraction of sp³-hybridized carbons (Fsp3) is 0.250. The van der Waals surface area contributed by atoms with Crippen LogP contribution in [0.3, 0.4) is 0 Å². The van der Waals surface area contributed by atoms with Crippen molar-refractivity contribution in [3.63, 3.8) is 0 Å². The maximum atomic E-state index is 4.45. The monoisotopic (exact) mass is 372 g/mol. The van der Waals surface area contributed by atoms with Crippen LogP contribution < -0.4 is 4.90 Å². The van der Waals surface area contributed by atoms with E-state index in [1.54, 1.807) is 17.2 Å². The van der Waals surface area contributed by atoms with E-state index in [4.69, 9.17) is 0 Å². The fourth-order valence-corrected chi connectivity index (χ4v) is 3.60. The number of anilines is 1. The topological polar surface area (TPSA) is 77.5 Å². The molecule has 4 heterocycles. The average Bonchev–Trinajstić information content (AvgIpc) is 3.47. The molecule has 3 aromatic heterocycles. The Bertz CT molecular complexity index is 1030. The smallest absolute Gasteiger partial charge is 0.158 e. The Morgan fingerprint density at radius 1 is 0.929 bits per heavy atom. The third-order valence-electron chi connectivity index (χ3n) is 5.12. The molecule has 0 amide bonds. The molecule has 0 N–H and O–H groups in total. The molecule has 140 valence electrons. The lowest BCUT2D eigenvalue weighted by atomic mass is 10.1. The van der Waals surface area contributed by atoms with Gasteiger partial charge in [0.2, 0.25) is 0 Å². The van der Waals surface area contributed by atoms with E-state index in [0.717, 1.165) is 48.8 Å². The summed E-state index contributed by atoms with van der Waals surface area (Å²) in [5.74, 6) is 1.71. The molecule has 0 unspecified atom stereocenters. The molecule has 28 heavy (non-hydrogen) atoms. The lowest BCUT2D eigenvalue weighted by molar-refractivity contribution is 0.359. The van der Waals surface area contributed by atoms with Crippen LogP contribution >= 0.6 is 0 Å². The molecule has 1 aromatic carbocycles. The molecule has 0 aliphatic carbocycles. The minimum atomic E-state index is 0.355. The highest BCUT2D eigenvalue weighted by Crippen LogP contribution is 2.26. The normalized spacial score (nSPS) is 15.1. The van der Waals surface area contributed by atoms with Gasteiger partial charge in [-0.2, -0.15) is 5.10 Å². The van der Waals surface area contributed by atoms with E-state index in [1.807, 2.05) is 41.2 Å². The number of hydrogen-bond acceptors (Lipinski definition) is 6. The summed E-state index contributed by atoms with van der Waals surface area (Å²) >= 11 is 0. The second kappa shape index (κ2) is 7.22. The van der Waals surface area contributed by atoms with E-state index < -0.39 is 0 Å². The van der Waals surface area contributed by atoms with Gasteiger partial charge in [0.05, 0.1) is 12.2 Å². The number of aromatic nitrogens is 7. The van der Waals surface area contributed by atoms with E-state index in [9.17, 15) is 0 Å². The molecular weight excluding hydrogens is 352 g/mol. The molecule has 0 spiro atoms. The number of piperidine rings is 1. The highest BCUT2D eigenvalue weighted by molar-refractivity contribution is 5.57. The minimum absolute atomic E-state index is 0.355. The van der Waals surface area contributed by atoms with Gasteiger partial charge < -0.3 is 4.90 Å². The van der Waals surface area contributed by atoms with Gasteiger partial charge in [0.15, 0.2) is 5.82 Å². The third-order valence-corrected chi connectivity index (χ3v) is 5.12. The van der Waals surface area contributed by atoms with E-state index in [2.05, 4.69) is 48.6 Å². The van der Waals surface area contributed by atoms with Crippen LogP contribution in [0.4, 0.5) is 5.82 Å². The van der Waals surface area contributed by atoms with Crippen molar-refractivity contribution in [3.8, 4) is 17.1 Å². The number of benzene rings is 1. The molecule has 1 fully saturated rings. The van der Waals surface area contributed by atoms with Crippen LogP contribution in [-0.2, 0) is 0 Å². The Morgan fingerprint density at radius 2 is 1.75 bits per heavy atom. The van der Waals surface area contributed by atoms with Crippen molar-refractivity contribution >= 4 is 5.82 Å². The molecule has 8 nitrogen and oxygen atoms in total. The van der Waals surface area contributed by atoms with Crippen molar-refractivity contribution in [1.82, 2.24) is 34.7 Å². The lowest BCUT2D eigenvalue weighted by Gasteiger charge is -2.32. The summed E-state index contributed by atoms with van der Waals surface area (Å²) in [4.78, 5) is 11.1. The predicted octanol–water partition coefficient (Wildman–Crippen LogP) is 2.76. The van der Waals surface area contributed by atoms with Gasteiger partial charge in [0.25, 0.3) is 0 Å². The molecule has 0 saturated carbocycles. The van der Waals surface area contributed by atoms with Crippen LogP contribution in [-0.4, -0.2) is 47.8 Å². The first-order valence-corrected chi connectivity index (χ1v) is 9.41. The van der Waals surface area contributed by atoms with Crippen molar-refractivity contribution < 1.29 is 0 Å². The number of nitrogens with zero attached hydrogens (tertiary/aromatic N) is 8. The van der Waals surface area contributed by atoms with E-state index >= 15 is 0 Å². The molecule has 4 aromatic rings. The number of hydrogen-bond donors (Lipinski definition) is 0. The van der Waals surface area contributed by atoms with Crippen LogP contribution in [0.25, 0.3) is 17.1 Å². The third kappa shape index (κ3) is 3.24. The summed E-state index contributed by atoms with van der Waals surface area (Å²) in [6, 6.07) is 14.4. The minimum Gasteiger partial charge on any atom is -0.356 e. The Morgan fingerprint density at radius 3 is 2.54 bits per heavy atom. The van der Waals surface area contributed by atoms with Crippen molar-refractivity contribution in [2.45, 2.75) is 18.9 Å². The summed E-state index contributed by atoms with van der Waals surface area (Å²) in [5.41, 5.74) is 2.01. The molecule has 0 radical (unpaired) electrons. The van der Waals surface area contributed by atoms with Crippen LogP contribution in [0, 0.1) is 0 Å². The Kier molecular flexibility index (Phi) is 4.29. The van der Waals surface area contributed by atoms with E-state index in [0.29, 0.717) is 6.04 Å². The Balaban J connectivity index is 1.27. The van der Waals surface area contributed by atoms with Gasteiger partial charge in [-0.05, 0) is 18.9 Å². The molecule has 1 aliphatic heterocycles. The first-order valence-electron chi connectivity index (χ1n) is 9.41. The zero-order valence-electron chi connectivity index (χ0n) is 15.3. The highest BCUT2D eigenvalue weighted by Gasteiger charge is 2.23. The second-order valence-electron chi connectivity index (χ2n) is 6.85. The summed E-state index contributed by atoms with van der Waals surface area (Å²) in [6.45, 7) is 1.83. The average molecular weight is 372 g/mol. The SMILES string of the molecule is c1ccc(-c2cn(C3CCN(c4cc(-n5cccn5)ncn4)CC3)nn2)cc1. The summed E-state index contributed by atoms with van der Waals surface area (Å²) in [5, 5.41) is 13.0. The molecule has 1 saturated heterocycles. The number of rotatable bonds is 4. The van der Waals surface area contributed by atoms with Gasteiger partial charge in [-0.25, -0.2) is 19.3 Å². The van der Waals surface area contributed by atoms with Crippen molar-refractivity contribution in [3.05, 3.63) is 67.4 Å². The van der Waals surface area contributed by atoms with Crippen LogP contribution in [0.15, 0.2) is 67.4 Å². The quantitative estimate of drug-likeness (QED) is 0.548. The van der Waals surface area contributed by atoms with Gasteiger partial charge in [0, 0.05) is 37.1 Å². The molecule has 0 atom stereocenters. The van der Waals surface area contributed by atoms with Crippen LogP contribution in [0.2, 0.25) is 0 Å². The molecule has 8 heteroatoms. The Labute approximate surface area is 162 Å². The summed E-state index contributed by atoms with van der Waals surface area (Å²) < 4.78 is 3.76. The molecule has 0 bridgehead atoms. The van der Waals surface area contributed by atoms with Crippen LogP contribution in [0.5, 0.6) is 0 Å². The first-order chi connectivity index (χ1) is 13.9. The second-order valence-corrected chi connectivity index (χ2v) is 6.85. The van der Waals surface area contributed by atoms with Gasteiger partial charge in [-0.15, -0.1) is 5.10 Å². The zero-order chi connectivity index (χ0) is 18.8. The zero-order valence-corrected chi connectivity index (χ0v) is 15.3. The largest absolute Gasteiger partial charge is 0.356 e. The summed E-state index contributed by atoms with van der Waals surface area (Å²) in [6.07, 6.45) is 9.28.